The van der Waals surface area contributed by atoms with Gasteiger partial charge in [0.05, 0.1) is 5.56 Å². The van der Waals surface area contributed by atoms with Crippen molar-refractivity contribution in [3.63, 3.8) is 0 Å². The Morgan fingerprint density at radius 1 is 0.839 bits per heavy atom. The smallest absolute Gasteiger partial charge is 0.507 e. The van der Waals surface area contributed by atoms with Gasteiger partial charge in [-0.1, -0.05) is 37.3 Å². The summed E-state index contributed by atoms with van der Waals surface area (Å²) in [6.07, 6.45) is -4.51. The zero-order valence-electron chi connectivity index (χ0n) is 16.4. The van der Waals surface area contributed by atoms with Crippen molar-refractivity contribution in [3.8, 4) is 22.6 Å². The summed E-state index contributed by atoms with van der Waals surface area (Å²) in [7, 11) is 0. The zero-order valence-corrected chi connectivity index (χ0v) is 16.4. The van der Waals surface area contributed by atoms with Gasteiger partial charge in [-0.2, -0.15) is 0 Å². The number of halogens is 6. The van der Waals surface area contributed by atoms with Gasteiger partial charge in [-0.25, -0.2) is 13.2 Å². The van der Waals surface area contributed by atoms with E-state index in [0.717, 1.165) is 30.2 Å². The van der Waals surface area contributed by atoms with Crippen LogP contribution in [0.3, 0.4) is 0 Å². The molecule has 0 aromatic heterocycles. The first-order chi connectivity index (χ1) is 14.6. The molecule has 8 heteroatoms. The highest BCUT2D eigenvalue weighted by Crippen LogP contribution is 2.36. The summed E-state index contributed by atoms with van der Waals surface area (Å²) >= 11 is 0. The second-order valence-electron chi connectivity index (χ2n) is 6.91. The van der Waals surface area contributed by atoms with Gasteiger partial charge in [-0.05, 0) is 48.1 Å². The summed E-state index contributed by atoms with van der Waals surface area (Å²) in [6, 6.07) is 10.4. The first-order valence-corrected chi connectivity index (χ1v) is 9.42. The summed E-state index contributed by atoms with van der Waals surface area (Å²) in [5.41, 5.74) is 1.13. The van der Waals surface area contributed by atoms with Crippen molar-refractivity contribution in [1.82, 2.24) is 0 Å². The Kier molecular flexibility index (Phi) is 6.48. The van der Waals surface area contributed by atoms with Crippen molar-refractivity contribution in [3.05, 3.63) is 82.7 Å². The fourth-order valence-electron chi connectivity index (χ4n) is 3.24. The number of alkyl halides is 3. The van der Waals surface area contributed by atoms with E-state index < -0.39 is 35.3 Å². The van der Waals surface area contributed by atoms with Gasteiger partial charge in [0.1, 0.15) is 17.4 Å². The summed E-state index contributed by atoms with van der Waals surface area (Å²) in [5.74, 6) is -4.70. The number of phenolic OH excluding ortho intramolecular Hbond substituents is 1. The highest BCUT2D eigenvalue weighted by Gasteiger charge is 2.32. The number of aromatic hydroxyl groups is 1. The Hall–Kier alpha value is -3.16. The van der Waals surface area contributed by atoms with E-state index in [2.05, 4.69) is 4.74 Å². The SMILES string of the molecule is CCc1ccc(-c2c(O)cc(F)c(CCc3ccc(OC(F)(F)F)c(F)c3)c2F)cc1. The first kappa shape index (κ1) is 22.5. The molecule has 164 valence electrons. The van der Waals surface area contributed by atoms with Gasteiger partial charge >= 0.3 is 6.36 Å². The molecule has 0 saturated carbocycles. The summed E-state index contributed by atoms with van der Waals surface area (Å²) in [5, 5.41) is 10.1. The molecule has 3 rings (SSSR count). The first-order valence-electron chi connectivity index (χ1n) is 9.42. The van der Waals surface area contributed by atoms with Crippen molar-refractivity contribution in [2.75, 3.05) is 0 Å². The van der Waals surface area contributed by atoms with Gasteiger partial charge in [-0.3, -0.25) is 0 Å². The Balaban J connectivity index is 1.86. The van der Waals surface area contributed by atoms with Crippen molar-refractivity contribution in [2.24, 2.45) is 0 Å². The molecule has 0 amide bonds. The van der Waals surface area contributed by atoms with Gasteiger partial charge in [0, 0.05) is 11.6 Å². The molecule has 2 nitrogen and oxygen atoms in total. The Bertz CT molecular complexity index is 1070. The normalized spacial score (nSPS) is 11.6. The summed E-state index contributed by atoms with van der Waals surface area (Å²) in [4.78, 5) is 0. The number of phenols is 1. The highest BCUT2D eigenvalue weighted by atomic mass is 19.4. The lowest BCUT2D eigenvalue weighted by Gasteiger charge is -2.13. The quantitative estimate of drug-likeness (QED) is 0.431. The third-order valence-corrected chi connectivity index (χ3v) is 4.83. The molecular weight excluding hydrogens is 422 g/mol. The molecule has 0 atom stereocenters. The minimum absolute atomic E-state index is 0.0456. The predicted octanol–water partition coefficient (Wildman–Crippen LogP) is 6.72. The second kappa shape index (κ2) is 8.91. The minimum atomic E-state index is -5.04. The van der Waals surface area contributed by atoms with E-state index in [0.29, 0.717) is 5.56 Å². The van der Waals surface area contributed by atoms with E-state index in [1.807, 2.05) is 6.92 Å². The average Bonchev–Trinajstić information content (AvgIpc) is 2.69. The molecule has 3 aromatic rings. The number of benzene rings is 3. The van der Waals surface area contributed by atoms with Crippen LogP contribution < -0.4 is 4.74 Å². The lowest BCUT2D eigenvalue weighted by atomic mass is 9.96. The molecule has 0 bridgehead atoms. The Labute approximate surface area is 174 Å². The molecule has 0 radical (unpaired) electrons. The molecule has 31 heavy (non-hydrogen) atoms. The highest BCUT2D eigenvalue weighted by molar-refractivity contribution is 5.72. The van der Waals surface area contributed by atoms with Crippen molar-refractivity contribution >= 4 is 0 Å². The molecule has 0 saturated heterocycles. The van der Waals surface area contributed by atoms with E-state index >= 15 is 4.39 Å². The van der Waals surface area contributed by atoms with Gasteiger partial charge < -0.3 is 9.84 Å². The lowest BCUT2D eigenvalue weighted by molar-refractivity contribution is -0.275. The maximum Gasteiger partial charge on any atom is 0.573 e. The molecule has 0 spiro atoms. The number of hydrogen-bond acceptors (Lipinski definition) is 2. The van der Waals surface area contributed by atoms with Gasteiger partial charge in [0.2, 0.25) is 0 Å². The predicted molar refractivity (Wildman–Crippen MR) is 103 cm³/mol. The molecule has 0 fully saturated rings. The monoisotopic (exact) mass is 440 g/mol. The molecule has 0 aliphatic rings. The van der Waals surface area contributed by atoms with E-state index in [-0.39, 0.29) is 29.5 Å². The lowest BCUT2D eigenvalue weighted by Crippen LogP contribution is -2.18. The van der Waals surface area contributed by atoms with Crippen LogP contribution in [-0.2, 0) is 19.3 Å². The van der Waals surface area contributed by atoms with Gasteiger partial charge in [0.15, 0.2) is 11.6 Å². The van der Waals surface area contributed by atoms with Gasteiger partial charge in [-0.15, -0.1) is 13.2 Å². The zero-order chi connectivity index (χ0) is 22.8. The summed E-state index contributed by atoms with van der Waals surface area (Å²) < 4.78 is 83.6. The Morgan fingerprint density at radius 3 is 2.06 bits per heavy atom. The molecule has 1 N–H and O–H groups in total. The number of hydrogen-bond donors (Lipinski definition) is 1. The third kappa shape index (κ3) is 5.31. The van der Waals surface area contributed by atoms with Crippen molar-refractivity contribution in [1.29, 1.82) is 0 Å². The standard InChI is InChI=1S/C23H18F6O2/c1-2-13-3-7-15(8-4-13)21-19(30)12-17(24)16(22(21)26)9-5-14-6-10-20(18(25)11-14)31-23(27,28)29/h3-4,6-8,10-12,30H,2,5,9H2,1H3. The van der Waals surface area contributed by atoms with Gasteiger partial charge in [0.25, 0.3) is 0 Å². The van der Waals surface area contributed by atoms with E-state index in [1.165, 1.54) is 6.07 Å². The summed E-state index contributed by atoms with van der Waals surface area (Å²) in [6.45, 7) is 1.95. The minimum Gasteiger partial charge on any atom is -0.507 e. The van der Waals surface area contributed by atoms with Crippen LogP contribution in [0.5, 0.6) is 11.5 Å². The van der Waals surface area contributed by atoms with Crippen LogP contribution in [0.2, 0.25) is 0 Å². The largest absolute Gasteiger partial charge is 0.573 e. The molecule has 0 heterocycles. The van der Waals surface area contributed by atoms with Crippen LogP contribution >= 0.6 is 0 Å². The molecule has 0 aliphatic carbocycles. The maximum atomic E-state index is 15.1. The van der Waals surface area contributed by atoms with Crippen LogP contribution in [0, 0.1) is 17.5 Å². The van der Waals surface area contributed by atoms with Crippen LogP contribution in [0.4, 0.5) is 26.3 Å². The van der Waals surface area contributed by atoms with Crippen molar-refractivity contribution in [2.45, 2.75) is 32.5 Å². The fourth-order valence-corrected chi connectivity index (χ4v) is 3.24. The number of ether oxygens (including phenoxy) is 1. The topological polar surface area (TPSA) is 29.5 Å². The molecule has 0 aliphatic heterocycles. The Morgan fingerprint density at radius 2 is 1.48 bits per heavy atom. The van der Waals surface area contributed by atoms with Crippen LogP contribution in [0.1, 0.15) is 23.6 Å². The molecule has 3 aromatic carbocycles. The maximum absolute atomic E-state index is 15.1. The molecular formula is C23H18F6O2. The average molecular weight is 440 g/mol. The van der Waals surface area contributed by atoms with Crippen LogP contribution in [0.25, 0.3) is 11.1 Å². The molecule has 0 unspecified atom stereocenters. The van der Waals surface area contributed by atoms with E-state index in [9.17, 15) is 27.1 Å². The third-order valence-electron chi connectivity index (χ3n) is 4.83. The van der Waals surface area contributed by atoms with Crippen LogP contribution in [-0.4, -0.2) is 11.5 Å². The number of aryl methyl sites for hydroxylation is 2. The number of rotatable bonds is 6. The second-order valence-corrected chi connectivity index (χ2v) is 6.91. The fraction of sp³-hybridized carbons (Fsp3) is 0.217. The van der Waals surface area contributed by atoms with Crippen molar-refractivity contribution < 1.29 is 36.2 Å². The van der Waals surface area contributed by atoms with Crippen LogP contribution in [0.15, 0.2) is 48.5 Å². The van der Waals surface area contributed by atoms with E-state index in [1.54, 1.807) is 24.3 Å². The van der Waals surface area contributed by atoms with E-state index in [4.69, 9.17) is 0 Å².